The number of hydrogen-bond donors (Lipinski definition) is 1. The smallest absolute Gasteiger partial charge is 0.272 e. The van der Waals surface area contributed by atoms with Gasteiger partial charge in [0.25, 0.3) is 6.08 Å². The molecule has 0 radical (unpaired) electrons. The SMILES string of the molecule is CN(C)c1ccc(-c2ccc(N3C=NN(CC(CN)=C(F)F)C3)cn2)cn1. The predicted octanol–water partition coefficient (Wildman–Crippen LogP) is 2.34. The predicted molar refractivity (Wildman–Crippen MR) is 103 cm³/mol. The van der Waals surface area contributed by atoms with Crippen molar-refractivity contribution in [2.75, 3.05) is 43.7 Å². The minimum absolute atomic E-state index is 0.00123. The molecule has 0 saturated carbocycles. The lowest BCUT2D eigenvalue weighted by molar-refractivity contribution is 0.326. The molecule has 0 atom stereocenters. The van der Waals surface area contributed by atoms with Crippen molar-refractivity contribution >= 4 is 17.8 Å². The van der Waals surface area contributed by atoms with Gasteiger partial charge in [-0.2, -0.15) is 13.9 Å². The van der Waals surface area contributed by atoms with E-state index in [0.717, 1.165) is 22.8 Å². The monoisotopic (exact) mass is 373 g/mol. The molecule has 9 heteroatoms. The Morgan fingerprint density at radius 2 is 1.96 bits per heavy atom. The standard InChI is InChI=1S/C18H21F2N7/c1-25(2)17-6-3-13(8-23-17)16-5-4-15(9-22-16)26-11-24-27(12-26)10-14(7-21)18(19)20/h3-6,8-9,11H,7,10,12,21H2,1-2H3. The van der Waals surface area contributed by atoms with Crippen molar-refractivity contribution in [1.82, 2.24) is 15.0 Å². The summed E-state index contributed by atoms with van der Waals surface area (Å²) in [5.74, 6) is 0.874. The number of nitrogens with two attached hydrogens (primary N) is 1. The van der Waals surface area contributed by atoms with E-state index in [4.69, 9.17) is 5.73 Å². The highest BCUT2D eigenvalue weighted by Gasteiger charge is 2.18. The summed E-state index contributed by atoms with van der Waals surface area (Å²) >= 11 is 0. The zero-order valence-electron chi connectivity index (χ0n) is 15.2. The van der Waals surface area contributed by atoms with Crippen LogP contribution in [0.5, 0.6) is 0 Å². The molecule has 0 saturated heterocycles. The van der Waals surface area contributed by atoms with Crippen molar-refractivity contribution in [3.8, 4) is 11.3 Å². The van der Waals surface area contributed by atoms with Crippen LogP contribution in [0.2, 0.25) is 0 Å². The minimum atomic E-state index is -1.74. The van der Waals surface area contributed by atoms with Crippen LogP contribution in [0.15, 0.2) is 53.4 Å². The first-order valence-electron chi connectivity index (χ1n) is 8.36. The van der Waals surface area contributed by atoms with Crippen molar-refractivity contribution < 1.29 is 8.78 Å². The molecular formula is C18H21F2N7. The first-order valence-corrected chi connectivity index (χ1v) is 8.36. The maximum Gasteiger partial charge on any atom is 0.272 e. The first kappa shape index (κ1) is 18.7. The molecule has 2 N–H and O–H groups in total. The molecule has 142 valence electrons. The van der Waals surface area contributed by atoms with Gasteiger partial charge < -0.3 is 15.5 Å². The maximum absolute atomic E-state index is 12.7. The van der Waals surface area contributed by atoms with E-state index in [1.165, 1.54) is 5.01 Å². The van der Waals surface area contributed by atoms with E-state index in [1.807, 2.05) is 48.2 Å². The zero-order chi connectivity index (χ0) is 19.4. The lowest BCUT2D eigenvalue weighted by Gasteiger charge is -2.19. The number of nitrogens with zero attached hydrogens (tertiary/aromatic N) is 6. The average molecular weight is 373 g/mol. The molecule has 0 unspecified atom stereocenters. The largest absolute Gasteiger partial charge is 0.363 e. The normalized spacial score (nSPS) is 13.2. The number of hydrazone groups is 1. The van der Waals surface area contributed by atoms with E-state index in [0.29, 0.717) is 6.67 Å². The van der Waals surface area contributed by atoms with E-state index >= 15 is 0 Å². The Kier molecular flexibility index (Phi) is 5.60. The van der Waals surface area contributed by atoms with Crippen molar-refractivity contribution in [3.63, 3.8) is 0 Å². The fraction of sp³-hybridized carbons (Fsp3) is 0.278. The molecule has 1 aliphatic heterocycles. The second-order valence-corrected chi connectivity index (χ2v) is 6.28. The molecular weight excluding hydrogens is 352 g/mol. The topological polar surface area (TPSA) is 73.9 Å². The lowest BCUT2D eigenvalue weighted by atomic mass is 10.2. The van der Waals surface area contributed by atoms with Gasteiger partial charge >= 0.3 is 0 Å². The summed E-state index contributed by atoms with van der Waals surface area (Å²) in [5, 5.41) is 5.67. The number of anilines is 2. The highest BCUT2D eigenvalue weighted by Crippen LogP contribution is 2.22. The van der Waals surface area contributed by atoms with Crippen LogP contribution in [0.3, 0.4) is 0 Å². The zero-order valence-corrected chi connectivity index (χ0v) is 15.2. The molecule has 0 spiro atoms. The van der Waals surface area contributed by atoms with Gasteiger partial charge in [-0.15, -0.1) is 0 Å². The number of hydrogen-bond acceptors (Lipinski definition) is 7. The van der Waals surface area contributed by atoms with Gasteiger partial charge in [0.2, 0.25) is 0 Å². The fourth-order valence-electron chi connectivity index (χ4n) is 2.57. The molecule has 0 fully saturated rings. The highest BCUT2D eigenvalue weighted by atomic mass is 19.3. The van der Waals surface area contributed by atoms with Crippen molar-refractivity contribution in [1.29, 1.82) is 0 Å². The molecule has 2 aromatic heterocycles. The summed E-state index contributed by atoms with van der Waals surface area (Å²) in [6, 6.07) is 7.70. The second kappa shape index (κ2) is 8.09. The van der Waals surface area contributed by atoms with Crippen molar-refractivity contribution in [3.05, 3.63) is 48.3 Å². The summed E-state index contributed by atoms with van der Waals surface area (Å²) in [4.78, 5) is 12.6. The van der Waals surface area contributed by atoms with Crippen LogP contribution in [0.1, 0.15) is 0 Å². The van der Waals surface area contributed by atoms with E-state index in [-0.39, 0.29) is 18.7 Å². The van der Waals surface area contributed by atoms with Crippen LogP contribution in [0.4, 0.5) is 20.3 Å². The molecule has 27 heavy (non-hydrogen) atoms. The van der Waals surface area contributed by atoms with Crippen LogP contribution in [-0.2, 0) is 0 Å². The Labute approximate surface area is 156 Å². The molecule has 7 nitrogen and oxygen atoms in total. The Balaban J connectivity index is 1.66. The van der Waals surface area contributed by atoms with Crippen LogP contribution in [0, 0.1) is 0 Å². The van der Waals surface area contributed by atoms with E-state index in [1.54, 1.807) is 18.7 Å². The third kappa shape index (κ3) is 4.37. The van der Waals surface area contributed by atoms with Crippen molar-refractivity contribution in [2.45, 2.75) is 0 Å². The van der Waals surface area contributed by atoms with Gasteiger partial charge in [0, 0.05) is 38.0 Å². The van der Waals surface area contributed by atoms with Gasteiger partial charge in [-0.25, -0.2) is 4.98 Å². The molecule has 3 rings (SSSR count). The molecule has 2 aromatic rings. The van der Waals surface area contributed by atoms with Crippen LogP contribution in [0.25, 0.3) is 11.3 Å². The molecule has 0 amide bonds. The van der Waals surface area contributed by atoms with Gasteiger partial charge in [0.05, 0.1) is 24.1 Å². The summed E-state index contributed by atoms with van der Waals surface area (Å²) in [6.07, 6.45) is 3.35. The highest BCUT2D eigenvalue weighted by molar-refractivity contribution is 5.80. The third-order valence-corrected chi connectivity index (χ3v) is 4.14. The van der Waals surface area contributed by atoms with Gasteiger partial charge in [0.1, 0.15) is 18.8 Å². The number of halogens is 2. The minimum Gasteiger partial charge on any atom is -0.363 e. The van der Waals surface area contributed by atoms with E-state index in [9.17, 15) is 8.78 Å². The van der Waals surface area contributed by atoms with Gasteiger partial charge in [0.15, 0.2) is 0 Å². The van der Waals surface area contributed by atoms with Crippen LogP contribution in [-0.4, -0.2) is 55.2 Å². The van der Waals surface area contributed by atoms with E-state index < -0.39 is 6.08 Å². The fourth-order valence-corrected chi connectivity index (χ4v) is 2.57. The Morgan fingerprint density at radius 3 is 2.52 bits per heavy atom. The Morgan fingerprint density at radius 1 is 1.15 bits per heavy atom. The Hall–Kier alpha value is -3.07. The van der Waals surface area contributed by atoms with Gasteiger partial charge in [-0.1, -0.05) is 0 Å². The lowest BCUT2D eigenvalue weighted by Crippen LogP contribution is -2.29. The van der Waals surface area contributed by atoms with Crippen LogP contribution >= 0.6 is 0 Å². The molecule has 0 aromatic carbocycles. The third-order valence-electron chi connectivity index (χ3n) is 4.14. The summed E-state index contributed by atoms with van der Waals surface area (Å²) < 4.78 is 25.5. The Bertz CT molecular complexity index is 828. The molecule has 1 aliphatic rings. The first-order chi connectivity index (χ1) is 13.0. The second-order valence-electron chi connectivity index (χ2n) is 6.28. The number of pyridine rings is 2. The summed E-state index contributed by atoms with van der Waals surface area (Å²) in [6.45, 7) is 0.170. The molecule has 0 bridgehead atoms. The van der Waals surface area contributed by atoms with Crippen molar-refractivity contribution in [2.24, 2.45) is 10.8 Å². The number of aromatic nitrogens is 2. The quantitative estimate of drug-likeness (QED) is 0.838. The van der Waals surface area contributed by atoms with Gasteiger partial charge in [-0.05, 0) is 24.3 Å². The summed E-state index contributed by atoms with van der Waals surface area (Å²) in [5.41, 5.74) is 7.77. The number of rotatable bonds is 6. The van der Waals surface area contributed by atoms with Crippen LogP contribution < -0.4 is 15.5 Å². The van der Waals surface area contributed by atoms with E-state index in [2.05, 4.69) is 15.1 Å². The molecule has 3 heterocycles. The molecule has 0 aliphatic carbocycles. The summed E-state index contributed by atoms with van der Waals surface area (Å²) in [7, 11) is 3.87. The average Bonchev–Trinajstić information content (AvgIpc) is 3.14. The maximum atomic E-state index is 12.7. The van der Waals surface area contributed by atoms with Gasteiger partial charge in [-0.3, -0.25) is 9.99 Å².